The standard InChI is InChI=1S/C12H16O2/c1-9(8-13)4-5-12(3)6-10(2)11(14)7-12/h6,8H,1,4-5,7H2,2-3H3. The first-order chi connectivity index (χ1) is 6.47. The van der Waals surface area contributed by atoms with E-state index in [0.29, 0.717) is 18.4 Å². The van der Waals surface area contributed by atoms with Crippen LogP contribution in [-0.4, -0.2) is 12.1 Å². The average Bonchev–Trinajstić information content (AvgIpc) is 2.38. The van der Waals surface area contributed by atoms with E-state index in [4.69, 9.17) is 0 Å². The molecule has 1 aliphatic rings. The lowest BCUT2D eigenvalue weighted by molar-refractivity contribution is -0.116. The van der Waals surface area contributed by atoms with Crippen molar-refractivity contribution in [3.63, 3.8) is 0 Å². The molecule has 0 bridgehead atoms. The number of allylic oxidation sites excluding steroid dienone is 3. The van der Waals surface area contributed by atoms with E-state index >= 15 is 0 Å². The average molecular weight is 192 g/mol. The van der Waals surface area contributed by atoms with Crippen molar-refractivity contribution in [2.24, 2.45) is 5.41 Å². The van der Waals surface area contributed by atoms with E-state index in [9.17, 15) is 9.59 Å². The van der Waals surface area contributed by atoms with Gasteiger partial charge < -0.3 is 0 Å². The molecule has 0 aromatic carbocycles. The first-order valence-electron chi connectivity index (χ1n) is 4.82. The second-order valence-electron chi connectivity index (χ2n) is 4.36. The fraction of sp³-hybridized carbons (Fsp3) is 0.500. The highest BCUT2D eigenvalue weighted by molar-refractivity contribution is 5.98. The van der Waals surface area contributed by atoms with Crippen molar-refractivity contribution in [3.8, 4) is 0 Å². The van der Waals surface area contributed by atoms with Crippen LogP contribution in [0.4, 0.5) is 0 Å². The Morgan fingerprint density at radius 1 is 1.71 bits per heavy atom. The van der Waals surface area contributed by atoms with E-state index in [-0.39, 0.29) is 11.2 Å². The van der Waals surface area contributed by atoms with E-state index in [2.05, 4.69) is 13.5 Å². The quantitative estimate of drug-likeness (QED) is 0.506. The van der Waals surface area contributed by atoms with Crippen LogP contribution < -0.4 is 0 Å². The smallest absolute Gasteiger partial charge is 0.159 e. The fourth-order valence-corrected chi connectivity index (χ4v) is 1.83. The van der Waals surface area contributed by atoms with E-state index in [1.807, 2.05) is 13.0 Å². The van der Waals surface area contributed by atoms with Crippen molar-refractivity contribution in [1.29, 1.82) is 0 Å². The monoisotopic (exact) mass is 192 g/mol. The molecule has 1 rings (SSSR count). The molecule has 0 N–H and O–H groups in total. The predicted molar refractivity (Wildman–Crippen MR) is 55.9 cm³/mol. The van der Waals surface area contributed by atoms with E-state index in [1.54, 1.807) is 0 Å². The highest BCUT2D eigenvalue weighted by Crippen LogP contribution is 2.37. The molecule has 1 unspecified atom stereocenters. The Morgan fingerprint density at radius 3 is 2.79 bits per heavy atom. The Hall–Kier alpha value is -1.18. The normalized spacial score (nSPS) is 26.1. The number of rotatable bonds is 4. The van der Waals surface area contributed by atoms with Gasteiger partial charge in [0.15, 0.2) is 5.78 Å². The van der Waals surface area contributed by atoms with Gasteiger partial charge in [0.1, 0.15) is 6.29 Å². The van der Waals surface area contributed by atoms with E-state index in [1.165, 1.54) is 0 Å². The van der Waals surface area contributed by atoms with Gasteiger partial charge in [-0.25, -0.2) is 0 Å². The van der Waals surface area contributed by atoms with Crippen LogP contribution in [0.5, 0.6) is 0 Å². The van der Waals surface area contributed by atoms with Crippen LogP contribution in [0, 0.1) is 5.41 Å². The second-order valence-corrected chi connectivity index (χ2v) is 4.36. The molecular weight excluding hydrogens is 176 g/mol. The molecule has 1 atom stereocenters. The molecule has 0 aromatic heterocycles. The lowest BCUT2D eigenvalue weighted by atomic mass is 9.84. The van der Waals surface area contributed by atoms with Gasteiger partial charge in [0.25, 0.3) is 0 Å². The van der Waals surface area contributed by atoms with Gasteiger partial charge in [-0.2, -0.15) is 0 Å². The summed E-state index contributed by atoms with van der Waals surface area (Å²) in [5, 5.41) is 0. The fourth-order valence-electron chi connectivity index (χ4n) is 1.83. The molecule has 76 valence electrons. The lowest BCUT2D eigenvalue weighted by Gasteiger charge is -2.20. The second kappa shape index (κ2) is 3.91. The zero-order valence-corrected chi connectivity index (χ0v) is 8.80. The minimum atomic E-state index is -0.0624. The lowest BCUT2D eigenvalue weighted by Crippen LogP contribution is -2.12. The van der Waals surface area contributed by atoms with E-state index < -0.39 is 0 Å². The number of Topliss-reactive ketones (excluding diaryl/α,β-unsaturated/α-hetero) is 1. The topological polar surface area (TPSA) is 34.1 Å². The van der Waals surface area contributed by atoms with Gasteiger partial charge in [-0.3, -0.25) is 9.59 Å². The molecule has 0 saturated heterocycles. The summed E-state index contributed by atoms with van der Waals surface area (Å²) >= 11 is 0. The largest absolute Gasteiger partial charge is 0.298 e. The van der Waals surface area contributed by atoms with Crippen LogP contribution >= 0.6 is 0 Å². The maximum atomic E-state index is 11.3. The maximum Gasteiger partial charge on any atom is 0.159 e. The minimum Gasteiger partial charge on any atom is -0.298 e. The summed E-state index contributed by atoms with van der Waals surface area (Å²) in [4.78, 5) is 21.7. The third kappa shape index (κ3) is 2.41. The maximum absolute atomic E-state index is 11.3. The molecule has 0 heterocycles. The number of carbonyl (C=O) groups is 2. The third-order valence-corrected chi connectivity index (χ3v) is 2.75. The molecule has 0 saturated carbocycles. The molecule has 0 aromatic rings. The van der Waals surface area contributed by atoms with Gasteiger partial charge in [0, 0.05) is 6.42 Å². The minimum absolute atomic E-state index is 0.0624. The number of carbonyl (C=O) groups excluding carboxylic acids is 2. The summed E-state index contributed by atoms with van der Waals surface area (Å²) in [7, 11) is 0. The molecule has 0 aliphatic heterocycles. The predicted octanol–water partition coefficient (Wildman–Crippen LogP) is 2.45. The highest BCUT2D eigenvalue weighted by Gasteiger charge is 2.31. The third-order valence-electron chi connectivity index (χ3n) is 2.75. The molecule has 2 heteroatoms. The summed E-state index contributed by atoms with van der Waals surface area (Å²) in [5.41, 5.74) is 1.40. The summed E-state index contributed by atoms with van der Waals surface area (Å²) in [6.45, 7) is 7.53. The summed E-state index contributed by atoms with van der Waals surface area (Å²) in [6, 6.07) is 0. The van der Waals surface area contributed by atoms with Crippen molar-refractivity contribution in [2.75, 3.05) is 0 Å². The van der Waals surface area contributed by atoms with Crippen molar-refractivity contribution >= 4 is 12.1 Å². The first-order valence-corrected chi connectivity index (χ1v) is 4.82. The molecule has 0 spiro atoms. The zero-order chi connectivity index (χ0) is 10.8. The number of hydrogen-bond donors (Lipinski definition) is 0. The molecule has 2 nitrogen and oxygen atoms in total. The van der Waals surface area contributed by atoms with Crippen molar-refractivity contribution in [3.05, 3.63) is 23.8 Å². The summed E-state index contributed by atoms with van der Waals surface area (Å²) in [6.07, 6.45) is 4.89. The Morgan fingerprint density at radius 2 is 2.36 bits per heavy atom. The number of ketones is 1. The van der Waals surface area contributed by atoms with Crippen LogP contribution in [0.25, 0.3) is 0 Å². The van der Waals surface area contributed by atoms with E-state index in [0.717, 1.165) is 18.3 Å². The van der Waals surface area contributed by atoms with Crippen LogP contribution in [-0.2, 0) is 9.59 Å². The Bertz CT molecular complexity index is 312. The van der Waals surface area contributed by atoms with Crippen LogP contribution in [0.15, 0.2) is 23.8 Å². The molecule has 0 radical (unpaired) electrons. The molecule has 14 heavy (non-hydrogen) atoms. The number of hydrogen-bond acceptors (Lipinski definition) is 2. The molecular formula is C12H16O2. The SMILES string of the molecule is C=C(C=O)CCC1(C)C=C(C)C(=O)C1. The molecule has 0 amide bonds. The van der Waals surface area contributed by atoms with Crippen molar-refractivity contribution in [1.82, 2.24) is 0 Å². The van der Waals surface area contributed by atoms with Crippen LogP contribution in [0.2, 0.25) is 0 Å². The Balaban J connectivity index is 2.57. The zero-order valence-electron chi connectivity index (χ0n) is 8.80. The highest BCUT2D eigenvalue weighted by atomic mass is 16.1. The summed E-state index contributed by atoms with van der Waals surface area (Å²) in [5.74, 6) is 0.226. The van der Waals surface area contributed by atoms with Crippen molar-refractivity contribution < 1.29 is 9.59 Å². The Labute approximate surface area is 84.7 Å². The van der Waals surface area contributed by atoms with Gasteiger partial charge in [-0.05, 0) is 36.3 Å². The van der Waals surface area contributed by atoms with Gasteiger partial charge >= 0.3 is 0 Å². The molecule has 1 aliphatic carbocycles. The van der Waals surface area contributed by atoms with Crippen LogP contribution in [0.1, 0.15) is 33.1 Å². The van der Waals surface area contributed by atoms with Crippen LogP contribution in [0.3, 0.4) is 0 Å². The van der Waals surface area contributed by atoms with Crippen molar-refractivity contribution in [2.45, 2.75) is 33.1 Å². The van der Waals surface area contributed by atoms with Gasteiger partial charge in [-0.15, -0.1) is 0 Å². The van der Waals surface area contributed by atoms with Gasteiger partial charge in [-0.1, -0.05) is 19.6 Å². The number of aldehydes is 1. The van der Waals surface area contributed by atoms with Gasteiger partial charge in [0.05, 0.1) is 0 Å². The Kier molecular flexibility index (Phi) is 3.04. The molecule has 0 fully saturated rings. The van der Waals surface area contributed by atoms with Gasteiger partial charge in [0.2, 0.25) is 0 Å². The first kappa shape index (κ1) is 10.9. The summed E-state index contributed by atoms with van der Waals surface area (Å²) < 4.78 is 0.